The number of rotatable bonds is 8. The molecule has 0 spiro atoms. The van der Waals surface area contributed by atoms with Crippen molar-refractivity contribution >= 4 is 98.9 Å². The van der Waals surface area contributed by atoms with E-state index in [1.165, 1.54) is 16.2 Å². The SMILES string of the molecule is Cc1ccsc1-c1ccc(C2NC(=O)[C@@H]3C[C@@H](O)CN3C(=O)[C@H](C(C)(C)C)NC(=O)CSCC[C@H](C(N)=O)CC(=O)[C@@H](CNC(=O)C[C@@H]3N=C(c4ccc(Cl)cc4)c4c(sc(C)c4C)-n4c(C)nnc43)NC(=O)CNC2=O)cc1. The highest BCUT2D eigenvalue weighted by Gasteiger charge is 2.45. The molecule has 79 heavy (non-hydrogen) atoms. The molecule has 0 bridgehead atoms. The minimum Gasteiger partial charge on any atom is -0.391 e. The average Bonchev–Trinajstić information content (AvgIpc) is 4.32. The van der Waals surface area contributed by atoms with Gasteiger partial charge in [0.1, 0.15) is 41.0 Å². The van der Waals surface area contributed by atoms with Crippen molar-refractivity contribution in [1.29, 1.82) is 0 Å². The van der Waals surface area contributed by atoms with E-state index in [2.05, 4.69) is 36.8 Å². The first-order chi connectivity index (χ1) is 37.5. The summed E-state index contributed by atoms with van der Waals surface area (Å²) in [5.74, 6) is -5.59. The van der Waals surface area contributed by atoms with Crippen molar-refractivity contribution in [2.24, 2.45) is 22.1 Å². The Morgan fingerprint density at radius 3 is 2.28 bits per heavy atom. The maximum atomic E-state index is 14.4. The molecule has 418 valence electrons. The fourth-order valence-corrected chi connectivity index (χ4v) is 13.0. The van der Waals surface area contributed by atoms with E-state index in [1.807, 2.05) is 55.8 Å². The minimum absolute atomic E-state index is 0.0573. The first-order valence-corrected chi connectivity index (χ1v) is 29.0. The lowest BCUT2D eigenvalue weighted by molar-refractivity contribution is -0.144. The number of thioether (sulfide) groups is 1. The largest absolute Gasteiger partial charge is 0.391 e. The fraction of sp³-hybridized carbons (Fsp3) is 0.436. The van der Waals surface area contributed by atoms with E-state index in [-0.39, 0.29) is 37.3 Å². The van der Waals surface area contributed by atoms with Gasteiger partial charge in [-0.05, 0) is 91.1 Å². The summed E-state index contributed by atoms with van der Waals surface area (Å²) in [5, 5.41) is 36.6. The molecule has 24 heteroatoms. The molecule has 0 radical (unpaired) electrons. The quantitative estimate of drug-likeness (QED) is 0.113. The predicted octanol–water partition coefficient (Wildman–Crippen LogP) is 4.49. The van der Waals surface area contributed by atoms with E-state index < -0.39 is 114 Å². The second-order valence-electron chi connectivity index (χ2n) is 21.1. The number of thiophene rings is 2. The number of hydrogen-bond acceptors (Lipinski definition) is 15. The number of carbonyl (C=O) groups excluding carboxylic acids is 8. The van der Waals surface area contributed by atoms with E-state index in [0.29, 0.717) is 27.9 Å². The van der Waals surface area contributed by atoms with Crippen LogP contribution in [0.15, 0.2) is 65.0 Å². The molecule has 0 saturated carbocycles. The maximum Gasteiger partial charge on any atom is 0.247 e. The molecule has 3 aliphatic heterocycles. The maximum absolute atomic E-state index is 14.4. The zero-order chi connectivity index (χ0) is 57.0. The van der Waals surface area contributed by atoms with Crippen LogP contribution in [0.5, 0.6) is 0 Å². The number of aliphatic hydroxyl groups is 1. The molecule has 7 atom stereocenters. The molecule has 2 fully saturated rings. The van der Waals surface area contributed by atoms with Crippen LogP contribution in [0.4, 0.5) is 0 Å². The highest BCUT2D eigenvalue weighted by atomic mass is 35.5. The Morgan fingerprint density at radius 2 is 1.61 bits per heavy atom. The van der Waals surface area contributed by atoms with Crippen molar-refractivity contribution in [2.75, 3.05) is 31.1 Å². The molecule has 8 rings (SSSR count). The molecule has 8 N–H and O–H groups in total. The van der Waals surface area contributed by atoms with Gasteiger partial charge in [0.2, 0.25) is 41.4 Å². The lowest BCUT2D eigenvalue weighted by Gasteiger charge is -2.35. The Bertz CT molecular complexity index is 3200. The van der Waals surface area contributed by atoms with Crippen LogP contribution in [0.1, 0.15) is 103 Å². The number of nitrogens with two attached hydrogens (primary N) is 1. The summed E-state index contributed by atoms with van der Waals surface area (Å²) < 4.78 is 1.89. The van der Waals surface area contributed by atoms with Crippen molar-refractivity contribution in [3.05, 3.63) is 109 Å². The number of aromatic nitrogens is 3. The number of halogens is 1. The average molecular weight is 1150 g/mol. The van der Waals surface area contributed by atoms with Crippen LogP contribution in [0.25, 0.3) is 15.4 Å². The summed E-state index contributed by atoms with van der Waals surface area (Å²) >= 11 is 10.5. The molecule has 2 saturated heterocycles. The third-order valence-electron chi connectivity index (χ3n) is 14.3. The van der Waals surface area contributed by atoms with Crippen LogP contribution in [0, 0.1) is 39.0 Å². The predicted molar refractivity (Wildman–Crippen MR) is 303 cm³/mol. The number of Topliss-reactive ketones (excluding diaryl/α,β-unsaturated/α-hetero) is 1. The molecule has 1 unspecified atom stereocenters. The second-order valence-corrected chi connectivity index (χ2v) is 24.8. The Kier molecular flexibility index (Phi) is 18.2. The van der Waals surface area contributed by atoms with Crippen LogP contribution < -0.4 is 32.3 Å². The molecule has 3 aliphatic rings. The Hall–Kier alpha value is -6.79. The summed E-state index contributed by atoms with van der Waals surface area (Å²) in [6.07, 6.45) is -1.91. The monoisotopic (exact) mass is 1150 g/mol. The third kappa shape index (κ3) is 13.5. The molecule has 0 aliphatic carbocycles. The number of benzene rings is 2. The molecule has 7 amide bonds. The van der Waals surface area contributed by atoms with Gasteiger partial charge in [-0.15, -0.1) is 32.9 Å². The Morgan fingerprint density at radius 1 is 0.899 bits per heavy atom. The summed E-state index contributed by atoms with van der Waals surface area (Å²) in [6, 6.07) is 9.98. The zero-order valence-corrected chi connectivity index (χ0v) is 48.0. The summed E-state index contributed by atoms with van der Waals surface area (Å²) in [4.78, 5) is 121. The highest BCUT2D eigenvalue weighted by Crippen LogP contribution is 2.40. The van der Waals surface area contributed by atoms with Gasteiger partial charge in [0, 0.05) is 57.8 Å². The van der Waals surface area contributed by atoms with E-state index in [4.69, 9.17) is 22.3 Å². The number of fused-ring (bicyclic) bond motifs is 4. The van der Waals surface area contributed by atoms with Gasteiger partial charge >= 0.3 is 0 Å². The van der Waals surface area contributed by atoms with Crippen molar-refractivity contribution in [3.63, 3.8) is 0 Å². The van der Waals surface area contributed by atoms with Crippen LogP contribution in [0.3, 0.4) is 0 Å². The first kappa shape index (κ1) is 58.4. The third-order valence-corrected chi connectivity index (χ3v) is 17.8. The standard InChI is InChI=1S/C55H64ClN11O9S3/c1-27-16-19-78-47(27)33-10-8-32(9-11-33)46-52(75)59-24-42(71)60-38(23-58-41(70)22-37-50-65-64-30(4)67(50)54-44(28(2)29(3)79-54)45(61-37)31-12-14-35(56)15-13-31)40(69)20-34(49(57)73)17-18-77-26-43(72)62-48(55(5,6)7)53(76)66-25-36(68)21-39(66)51(74)63-46/h8-16,19,34,36-39,46,48,68H,17-18,20-26H2,1-7H3,(H2,57,73)(H,58,70)(H,59,75)(H,60,71)(H,62,72)(H,63,74)/t34-,36+,37-,38+,39-,46?,48+/m0/s1. The van der Waals surface area contributed by atoms with Crippen molar-refractivity contribution in [2.45, 2.75) is 110 Å². The Labute approximate surface area is 474 Å². The van der Waals surface area contributed by atoms with Gasteiger partial charge < -0.3 is 42.3 Å². The van der Waals surface area contributed by atoms with Gasteiger partial charge in [0.15, 0.2) is 11.6 Å². The number of ketones is 1. The zero-order valence-electron chi connectivity index (χ0n) is 44.8. The van der Waals surface area contributed by atoms with E-state index in [1.54, 1.807) is 68.5 Å². The van der Waals surface area contributed by atoms with Gasteiger partial charge in [-0.3, -0.25) is 47.9 Å². The van der Waals surface area contributed by atoms with Gasteiger partial charge in [-0.2, -0.15) is 11.8 Å². The summed E-state index contributed by atoms with van der Waals surface area (Å²) in [7, 11) is 0. The number of aliphatic hydroxyl groups excluding tert-OH is 1. The number of aliphatic imine (C=N–C) groups is 1. The Balaban J connectivity index is 1.07. The van der Waals surface area contributed by atoms with Crippen LogP contribution in [-0.2, 0) is 38.4 Å². The molecular weight excluding hydrogens is 1090 g/mol. The number of aryl methyl sites for hydroxylation is 3. The second kappa shape index (κ2) is 24.7. The van der Waals surface area contributed by atoms with Gasteiger partial charge in [0.25, 0.3) is 0 Å². The van der Waals surface area contributed by atoms with Crippen LogP contribution >= 0.6 is 46.0 Å². The molecule has 20 nitrogen and oxygen atoms in total. The van der Waals surface area contributed by atoms with Gasteiger partial charge in [-0.25, -0.2) is 0 Å². The molecule has 5 aromatic rings. The van der Waals surface area contributed by atoms with Crippen molar-refractivity contribution in [1.82, 2.24) is 46.2 Å². The van der Waals surface area contributed by atoms with E-state index in [9.17, 15) is 43.5 Å². The number of nitrogens with one attached hydrogen (secondary N) is 5. The number of amides is 7. The normalized spacial score (nSPS) is 23.1. The van der Waals surface area contributed by atoms with Crippen LogP contribution in [0.2, 0.25) is 5.02 Å². The summed E-state index contributed by atoms with van der Waals surface area (Å²) in [6.45, 7) is 11.7. The number of primary amides is 1. The minimum atomic E-state index is -1.44. The number of hydrogen-bond donors (Lipinski definition) is 7. The van der Waals surface area contributed by atoms with Gasteiger partial charge in [-0.1, -0.05) is 68.8 Å². The smallest absolute Gasteiger partial charge is 0.247 e. The van der Waals surface area contributed by atoms with E-state index in [0.717, 1.165) is 54.3 Å². The van der Waals surface area contributed by atoms with Crippen molar-refractivity contribution in [3.8, 4) is 15.4 Å². The number of nitrogens with zero attached hydrogens (tertiary/aromatic N) is 5. The molecule has 3 aromatic heterocycles. The van der Waals surface area contributed by atoms with E-state index >= 15 is 0 Å². The van der Waals surface area contributed by atoms with Crippen LogP contribution in [-0.4, -0.2) is 133 Å². The molecule has 2 aromatic carbocycles. The first-order valence-electron chi connectivity index (χ1n) is 25.8. The molecule has 6 heterocycles. The highest BCUT2D eigenvalue weighted by molar-refractivity contribution is 7.99. The fourth-order valence-electron chi connectivity index (χ4n) is 9.83. The topological polar surface area (TPSA) is 289 Å². The van der Waals surface area contributed by atoms with Gasteiger partial charge in [0.05, 0.1) is 30.5 Å². The summed E-state index contributed by atoms with van der Waals surface area (Å²) in [5.41, 5.74) is 10.4. The molecular formula is C55H64ClN11O9S3. The lowest BCUT2D eigenvalue weighted by atomic mass is 9.85. The van der Waals surface area contributed by atoms with Crippen molar-refractivity contribution < 1.29 is 43.5 Å². The lowest BCUT2D eigenvalue weighted by Crippen LogP contribution is -2.58. The number of carbonyl (C=O) groups is 8.